The van der Waals surface area contributed by atoms with Gasteiger partial charge in [-0.05, 0) is 37.0 Å². The lowest BCUT2D eigenvalue weighted by Crippen LogP contribution is -2.21. The first-order valence-electron chi connectivity index (χ1n) is 6.25. The molecule has 0 aliphatic heterocycles. The van der Waals surface area contributed by atoms with E-state index in [1.165, 1.54) is 0 Å². The maximum absolute atomic E-state index is 12.7. The third kappa shape index (κ3) is 1.65. The summed E-state index contributed by atoms with van der Waals surface area (Å²) in [5.74, 6) is 0.222. The second-order valence-corrected chi connectivity index (χ2v) is 4.97. The molecule has 90 valence electrons. The smallest absolute Gasteiger partial charge is 0.175 e. The second-order valence-electron chi connectivity index (χ2n) is 4.97. The van der Waals surface area contributed by atoms with E-state index in [0.29, 0.717) is 0 Å². The minimum Gasteiger partial charge on any atom is -0.293 e. The van der Waals surface area contributed by atoms with Gasteiger partial charge in [0.05, 0.1) is 5.41 Å². The highest BCUT2D eigenvalue weighted by molar-refractivity contribution is 6.06. The summed E-state index contributed by atoms with van der Waals surface area (Å²) in [6, 6.07) is 12.0. The summed E-state index contributed by atoms with van der Waals surface area (Å²) >= 11 is 0. The van der Waals surface area contributed by atoms with Crippen LogP contribution in [0.3, 0.4) is 0 Å². The zero-order valence-electron chi connectivity index (χ0n) is 10.4. The van der Waals surface area contributed by atoms with Gasteiger partial charge in [-0.2, -0.15) is 0 Å². The van der Waals surface area contributed by atoms with Crippen molar-refractivity contribution in [2.24, 2.45) is 0 Å². The maximum Gasteiger partial charge on any atom is 0.175 e. The molecule has 0 N–H and O–H groups in total. The standard InChI is InChI=1S/C16H15NO/c1-12-7-10-17-11-14(12)15(18)16(8-9-16)13-5-3-2-4-6-13/h2-7,10-11H,8-9H2,1H3. The van der Waals surface area contributed by atoms with Crippen molar-refractivity contribution < 1.29 is 4.79 Å². The fourth-order valence-electron chi connectivity index (χ4n) is 2.49. The van der Waals surface area contributed by atoms with E-state index in [9.17, 15) is 4.79 Å². The number of aryl methyl sites for hydroxylation is 1. The third-order valence-electron chi connectivity index (χ3n) is 3.79. The number of aromatic nitrogens is 1. The number of Topliss-reactive ketones (excluding diaryl/α,β-unsaturated/α-hetero) is 1. The van der Waals surface area contributed by atoms with Gasteiger partial charge in [-0.25, -0.2) is 0 Å². The first-order valence-corrected chi connectivity index (χ1v) is 6.25. The number of hydrogen-bond acceptors (Lipinski definition) is 2. The van der Waals surface area contributed by atoms with Crippen molar-refractivity contribution in [1.82, 2.24) is 4.98 Å². The van der Waals surface area contributed by atoms with Crippen molar-refractivity contribution in [3.8, 4) is 0 Å². The molecule has 0 saturated heterocycles. The Bertz CT molecular complexity index is 585. The van der Waals surface area contributed by atoms with Crippen molar-refractivity contribution in [2.75, 3.05) is 0 Å². The number of carbonyl (C=O) groups excluding carboxylic acids is 1. The summed E-state index contributed by atoms with van der Waals surface area (Å²) < 4.78 is 0. The molecule has 2 aromatic rings. The van der Waals surface area contributed by atoms with Gasteiger partial charge >= 0.3 is 0 Å². The van der Waals surface area contributed by atoms with E-state index < -0.39 is 0 Å². The van der Waals surface area contributed by atoms with Crippen LogP contribution in [0.4, 0.5) is 0 Å². The largest absolute Gasteiger partial charge is 0.293 e. The van der Waals surface area contributed by atoms with Gasteiger partial charge in [-0.1, -0.05) is 30.3 Å². The molecule has 0 radical (unpaired) electrons. The molecule has 1 aromatic heterocycles. The zero-order valence-corrected chi connectivity index (χ0v) is 10.4. The first-order chi connectivity index (χ1) is 8.74. The van der Waals surface area contributed by atoms with Crippen LogP contribution in [0.15, 0.2) is 48.8 Å². The molecule has 0 bridgehead atoms. The van der Waals surface area contributed by atoms with Gasteiger partial charge < -0.3 is 0 Å². The lowest BCUT2D eigenvalue weighted by Gasteiger charge is -2.15. The first kappa shape index (κ1) is 11.1. The molecule has 1 aliphatic carbocycles. The van der Waals surface area contributed by atoms with Crippen molar-refractivity contribution in [2.45, 2.75) is 25.2 Å². The molecule has 1 heterocycles. The Morgan fingerprint density at radius 2 is 1.89 bits per heavy atom. The SMILES string of the molecule is Cc1ccncc1C(=O)C1(c2ccccc2)CC1. The minimum absolute atomic E-state index is 0.222. The molecule has 0 amide bonds. The van der Waals surface area contributed by atoms with Gasteiger partial charge in [0, 0.05) is 18.0 Å². The summed E-state index contributed by atoms with van der Waals surface area (Å²) in [6.07, 6.45) is 5.32. The zero-order chi connectivity index (χ0) is 12.6. The molecule has 0 atom stereocenters. The number of pyridine rings is 1. The number of nitrogens with zero attached hydrogens (tertiary/aromatic N) is 1. The highest BCUT2D eigenvalue weighted by Gasteiger charge is 2.51. The fraction of sp³-hybridized carbons (Fsp3) is 0.250. The van der Waals surface area contributed by atoms with Gasteiger partial charge in [-0.15, -0.1) is 0 Å². The number of rotatable bonds is 3. The van der Waals surface area contributed by atoms with E-state index in [1.54, 1.807) is 12.4 Å². The van der Waals surface area contributed by atoms with Gasteiger partial charge in [0.15, 0.2) is 5.78 Å². The Kier molecular flexibility index (Phi) is 2.51. The van der Waals surface area contributed by atoms with E-state index in [-0.39, 0.29) is 11.2 Å². The Hall–Kier alpha value is -1.96. The topological polar surface area (TPSA) is 30.0 Å². The second kappa shape index (κ2) is 4.05. The molecule has 3 rings (SSSR count). The third-order valence-corrected chi connectivity index (χ3v) is 3.79. The molecule has 1 aromatic carbocycles. The number of carbonyl (C=O) groups is 1. The average Bonchev–Trinajstić information content (AvgIpc) is 3.21. The summed E-state index contributed by atoms with van der Waals surface area (Å²) in [4.78, 5) is 16.8. The normalized spacial score (nSPS) is 16.3. The van der Waals surface area contributed by atoms with Crippen molar-refractivity contribution in [1.29, 1.82) is 0 Å². The van der Waals surface area contributed by atoms with Crippen LogP contribution in [0.1, 0.15) is 34.3 Å². The van der Waals surface area contributed by atoms with E-state index >= 15 is 0 Å². The van der Waals surface area contributed by atoms with Crippen LogP contribution in [-0.2, 0) is 5.41 Å². The van der Waals surface area contributed by atoms with Gasteiger partial charge in [0.25, 0.3) is 0 Å². The molecule has 2 nitrogen and oxygen atoms in total. The van der Waals surface area contributed by atoms with Crippen molar-refractivity contribution >= 4 is 5.78 Å². The van der Waals surface area contributed by atoms with Crippen LogP contribution in [0.2, 0.25) is 0 Å². The summed E-state index contributed by atoms with van der Waals surface area (Å²) in [5, 5.41) is 0. The Morgan fingerprint density at radius 3 is 2.50 bits per heavy atom. The molecular formula is C16H15NO. The van der Waals surface area contributed by atoms with E-state index in [0.717, 1.165) is 29.5 Å². The van der Waals surface area contributed by atoms with Crippen LogP contribution in [0, 0.1) is 6.92 Å². The molecule has 0 unspecified atom stereocenters. The van der Waals surface area contributed by atoms with Gasteiger partial charge in [0.1, 0.15) is 0 Å². The Morgan fingerprint density at radius 1 is 1.17 bits per heavy atom. The van der Waals surface area contributed by atoms with Crippen LogP contribution >= 0.6 is 0 Å². The van der Waals surface area contributed by atoms with Crippen LogP contribution in [0.5, 0.6) is 0 Å². The predicted molar refractivity (Wildman–Crippen MR) is 70.7 cm³/mol. The molecule has 1 fully saturated rings. The summed E-state index contributed by atoms with van der Waals surface area (Å²) in [7, 11) is 0. The highest BCUT2D eigenvalue weighted by atomic mass is 16.1. The quantitative estimate of drug-likeness (QED) is 0.767. The predicted octanol–water partition coefficient (Wildman–Crippen LogP) is 3.30. The molecule has 18 heavy (non-hydrogen) atoms. The fourth-order valence-corrected chi connectivity index (χ4v) is 2.49. The molecular weight excluding hydrogens is 222 g/mol. The van der Waals surface area contributed by atoms with Crippen molar-refractivity contribution in [3.63, 3.8) is 0 Å². The number of ketones is 1. The minimum atomic E-state index is -0.283. The van der Waals surface area contributed by atoms with Gasteiger partial charge in [0.2, 0.25) is 0 Å². The van der Waals surface area contributed by atoms with E-state index in [1.807, 2.05) is 31.2 Å². The Labute approximate surface area is 107 Å². The highest BCUT2D eigenvalue weighted by Crippen LogP contribution is 2.50. The summed E-state index contributed by atoms with van der Waals surface area (Å²) in [6.45, 7) is 1.97. The van der Waals surface area contributed by atoms with Crippen LogP contribution in [0.25, 0.3) is 0 Å². The van der Waals surface area contributed by atoms with Crippen LogP contribution in [-0.4, -0.2) is 10.8 Å². The molecule has 1 aliphatic rings. The lowest BCUT2D eigenvalue weighted by atomic mass is 9.87. The van der Waals surface area contributed by atoms with E-state index in [4.69, 9.17) is 0 Å². The van der Waals surface area contributed by atoms with Gasteiger partial charge in [-0.3, -0.25) is 9.78 Å². The molecule has 1 saturated carbocycles. The van der Waals surface area contributed by atoms with Crippen molar-refractivity contribution in [3.05, 3.63) is 65.5 Å². The van der Waals surface area contributed by atoms with Crippen LogP contribution < -0.4 is 0 Å². The van der Waals surface area contributed by atoms with E-state index in [2.05, 4.69) is 17.1 Å². The number of benzene rings is 1. The number of hydrogen-bond donors (Lipinski definition) is 0. The average molecular weight is 237 g/mol. The maximum atomic E-state index is 12.7. The molecule has 0 spiro atoms. The molecule has 2 heteroatoms. The monoisotopic (exact) mass is 237 g/mol. The Balaban J connectivity index is 2.01. The lowest BCUT2D eigenvalue weighted by molar-refractivity contribution is 0.0945. The summed E-state index contributed by atoms with van der Waals surface area (Å²) in [5.41, 5.74) is 2.63.